The van der Waals surface area contributed by atoms with E-state index in [0.29, 0.717) is 55.7 Å². The number of rotatable bonds is 7. The zero-order chi connectivity index (χ0) is 23.1. The van der Waals surface area contributed by atoms with Crippen molar-refractivity contribution in [3.05, 3.63) is 65.7 Å². The van der Waals surface area contributed by atoms with Gasteiger partial charge in [0, 0.05) is 44.0 Å². The average Bonchev–Trinajstić information content (AvgIpc) is 2.78. The van der Waals surface area contributed by atoms with E-state index in [0.717, 1.165) is 0 Å². The topological polar surface area (TPSA) is 48.0 Å². The molecular weight excluding hydrogens is 434 g/mol. The SMILES string of the molecule is CN(C)CCN(C[C@H]1CN(C(=S)Nc2ccc(F)cc2)CCO1)C(=O)c1ccc(F)cc1. The van der Waals surface area contributed by atoms with Gasteiger partial charge in [0.15, 0.2) is 5.11 Å². The number of benzene rings is 2. The molecule has 1 saturated heterocycles. The van der Waals surface area contributed by atoms with Gasteiger partial charge in [0.2, 0.25) is 0 Å². The molecule has 1 heterocycles. The highest BCUT2D eigenvalue weighted by molar-refractivity contribution is 7.80. The fraction of sp³-hybridized carbons (Fsp3) is 0.391. The van der Waals surface area contributed by atoms with Crippen LogP contribution in [0.25, 0.3) is 0 Å². The molecule has 1 N–H and O–H groups in total. The molecule has 1 fully saturated rings. The maximum Gasteiger partial charge on any atom is 0.253 e. The molecule has 0 bridgehead atoms. The molecule has 0 unspecified atom stereocenters. The Balaban J connectivity index is 1.64. The van der Waals surface area contributed by atoms with Gasteiger partial charge in [-0.25, -0.2) is 8.78 Å². The number of hydrogen-bond acceptors (Lipinski definition) is 4. The summed E-state index contributed by atoms with van der Waals surface area (Å²) in [7, 11) is 3.89. The van der Waals surface area contributed by atoms with Gasteiger partial charge in [-0.15, -0.1) is 0 Å². The summed E-state index contributed by atoms with van der Waals surface area (Å²) in [5.41, 5.74) is 1.14. The number of likely N-dealkylation sites (N-methyl/N-ethyl adjacent to an activating group) is 1. The molecule has 0 aromatic heterocycles. The average molecular weight is 463 g/mol. The van der Waals surface area contributed by atoms with Crippen molar-refractivity contribution in [1.82, 2.24) is 14.7 Å². The zero-order valence-electron chi connectivity index (χ0n) is 18.3. The van der Waals surface area contributed by atoms with Gasteiger partial charge in [-0.05, 0) is 74.8 Å². The highest BCUT2D eigenvalue weighted by atomic mass is 32.1. The normalized spacial score (nSPS) is 16.2. The van der Waals surface area contributed by atoms with Crippen molar-refractivity contribution >= 4 is 28.9 Å². The minimum atomic E-state index is -0.380. The number of carbonyl (C=O) groups excluding carboxylic acids is 1. The number of thiocarbonyl (C=S) groups is 1. The van der Waals surface area contributed by atoms with Crippen LogP contribution in [-0.4, -0.2) is 85.2 Å². The van der Waals surface area contributed by atoms with Crippen LogP contribution in [0.1, 0.15) is 10.4 Å². The van der Waals surface area contributed by atoms with Crippen LogP contribution in [0.5, 0.6) is 0 Å². The van der Waals surface area contributed by atoms with Crippen molar-refractivity contribution in [2.75, 3.05) is 58.7 Å². The highest BCUT2D eigenvalue weighted by Crippen LogP contribution is 2.14. The molecule has 1 amide bonds. The van der Waals surface area contributed by atoms with Crippen molar-refractivity contribution in [1.29, 1.82) is 0 Å². The molecule has 0 radical (unpaired) electrons. The first kappa shape index (κ1) is 24.0. The van der Waals surface area contributed by atoms with E-state index in [1.807, 2.05) is 23.9 Å². The molecule has 2 aromatic rings. The van der Waals surface area contributed by atoms with Gasteiger partial charge in [0.1, 0.15) is 11.6 Å². The zero-order valence-corrected chi connectivity index (χ0v) is 19.1. The lowest BCUT2D eigenvalue weighted by atomic mass is 10.1. The number of nitrogens with one attached hydrogen (secondary N) is 1. The van der Waals surface area contributed by atoms with Gasteiger partial charge in [-0.2, -0.15) is 0 Å². The van der Waals surface area contributed by atoms with E-state index in [1.165, 1.54) is 36.4 Å². The molecule has 9 heteroatoms. The Labute approximate surface area is 192 Å². The quantitative estimate of drug-likeness (QED) is 0.639. The summed E-state index contributed by atoms with van der Waals surface area (Å²) in [5, 5.41) is 3.64. The van der Waals surface area contributed by atoms with Gasteiger partial charge in [0.05, 0.1) is 12.7 Å². The van der Waals surface area contributed by atoms with E-state index in [1.54, 1.807) is 17.0 Å². The third-order valence-corrected chi connectivity index (χ3v) is 5.50. The number of nitrogens with zero attached hydrogens (tertiary/aromatic N) is 3. The standard InChI is InChI=1S/C23H28F2N4O2S/c1-27(2)11-12-28(22(30)17-3-5-18(24)6-4-17)15-21-16-29(13-14-31-21)23(32)26-20-9-7-19(25)8-10-20/h3-10,21H,11-16H2,1-2H3,(H,26,32)/t21-/m0/s1. The maximum absolute atomic E-state index is 13.3. The molecule has 2 aromatic carbocycles. The van der Waals surface area contributed by atoms with Crippen LogP contribution in [0, 0.1) is 11.6 Å². The Bertz CT molecular complexity index is 909. The molecule has 0 saturated carbocycles. The molecule has 0 aliphatic carbocycles. The molecule has 1 aliphatic heterocycles. The number of carbonyl (C=O) groups is 1. The minimum Gasteiger partial charge on any atom is -0.373 e. The van der Waals surface area contributed by atoms with Crippen molar-refractivity contribution in [3.8, 4) is 0 Å². The number of morpholine rings is 1. The van der Waals surface area contributed by atoms with Crippen molar-refractivity contribution in [2.45, 2.75) is 6.10 Å². The molecule has 1 aliphatic rings. The lowest BCUT2D eigenvalue weighted by molar-refractivity contribution is -0.0208. The fourth-order valence-electron chi connectivity index (χ4n) is 3.37. The second kappa shape index (κ2) is 11.3. The van der Waals surface area contributed by atoms with Crippen LogP contribution >= 0.6 is 12.2 Å². The maximum atomic E-state index is 13.3. The Morgan fingerprint density at radius 1 is 1.09 bits per heavy atom. The van der Waals surface area contributed by atoms with E-state index >= 15 is 0 Å². The minimum absolute atomic E-state index is 0.167. The third kappa shape index (κ3) is 6.94. The van der Waals surface area contributed by atoms with Crippen LogP contribution in [0.4, 0.5) is 14.5 Å². The van der Waals surface area contributed by atoms with E-state index in [2.05, 4.69) is 5.32 Å². The van der Waals surface area contributed by atoms with Crippen LogP contribution in [0.3, 0.4) is 0 Å². The Morgan fingerprint density at radius 3 is 2.34 bits per heavy atom. The lowest BCUT2D eigenvalue weighted by Gasteiger charge is -2.37. The first-order valence-corrected chi connectivity index (χ1v) is 10.9. The summed E-state index contributed by atoms with van der Waals surface area (Å²) >= 11 is 5.52. The second-order valence-corrected chi connectivity index (χ2v) is 8.32. The Hall–Kier alpha value is -2.62. The largest absolute Gasteiger partial charge is 0.373 e. The highest BCUT2D eigenvalue weighted by Gasteiger charge is 2.27. The third-order valence-electron chi connectivity index (χ3n) is 5.14. The van der Waals surface area contributed by atoms with Crippen LogP contribution in [-0.2, 0) is 4.74 Å². The molecular formula is C23H28F2N4O2S. The summed E-state index contributed by atoms with van der Waals surface area (Å²) in [5.74, 6) is -0.856. The molecule has 1 atom stereocenters. The smallest absolute Gasteiger partial charge is 0.253 e. The predicted molar refractivity (Wildman–Crippen MR) is 125 cm³/mol. The van der Waals surface area contributed by atoms with Gasteiger partial charge >= 0.3 is 0 Å². The summed E-state index contributed by atoms with van der Waals surface area (Å²) in [6.07, 6.45) is -0.233. The van der Waals surface area contributed by atoms with Crippen LogP contribution < -0.4 is 5.32 Å². The van der Waals surface area contributed by atoms with E-state index in [9.17, 15) is 13.6 Å². The molecule has 172 valence electrons. The number of ether oxygens (including phenoxy) is 1. The monoisotopic (exact) mass is 462 g/mol. The van der Waals surface area contributed by atoms with Crippen molar-refractivity contribution in [3.63, 3.8) is 0 Å². The van der Waals surface area contributed by atoms with Crippen LogP contribution in [0.2, 0.25) is 0 Å². The van der Waals surface area contributed by atoms with Crippen molar-refractivity contribution in [2.24, 2.45) is 0 Å². The van der Waals surface area contributed by atoms with Gasteiger partial charge < -0.3 is 24.8 Å². The number of halogens is 2. The molecule has 32 heavy (non-hydrogen) atoms. The number of anilines is 1. The van der Waals surface area contributed by atoms with Crippen molar-refractivity contribution < 1.29 is 18.3 Å². The van der Waals surface area contributed by atoms with Crippen LogP contribution in [0.15, 0.2) is 48.5 Å². The van der Waals surface area contributed by atoms with Gasteiger partial charge in [-0.3, -0.25) is 4.79 Å². The first-order chi connectivity index (χ1) is 15.3. The Morgan fingerprint density at radius 2 is 1.72 bits per heavy atom. The predicted octanol–water partition coefficient (Wildman–Crippen LogP) is 3.07. The van der Waals surface area contributed by atoms with E-state index < -0.39 is 0 Å². The Kier molecular flexibility index (Phi) is 8.49. The summed E-state index contributed by atoms with van der Waals surface area (Å²) in [6.45, 7) is 3.20. The lowest BCUT2D eigenvalue weighted by Crippen LogP contribution is -2.52. The molecule has 6 nitrogen and oxygen atoms in total. The fourth-order valence-corrected chi connectivity index (χ4v) is 3.65. The second-order valence-electron chi connectivity index (χ2n) is 7.94. The molecule has 3 rings (SSSR count). The number of hydrogen-bond donors (Lipinski definition) is 1. The summed E-state index contributed by atoms with van der Waals surface area (Å²) in [4.78, 5) is 18.8. The summed E-state index contributed by atoms with van der Waals surface area (Å²) < 4.78 is 32.3. The molecule has 0 spiro atoms. The number of amides is 1. The summed E-state index contributed by atoms with van der Waals surface area (Å²) in [6, 6.07) is 11.6. The van der Waals surface area contributed by atoms with Gasteiger partial charge in [0.25, 0.3) is 5.91 Å². The first-order valence-electron chi connectivity index (χ1n) is 10.4. The van der Waals surface area contributed by atoms with E-state index in [4.69, 9.17) is 17.0 Å². The van der Waals surface area contributed by atoms with Gasteiger partial charge in [-0.1, -0.05) is 0 Å². The van der Waals surface area contributed by atoms with E-state index in [-0.39, 0.29) is 23.6 Å².